The normalized spacial score (nSPS) is 10.8. The predicted molar refractivity (Wildman–Crippen MR) is 83.4 cm³/mol. The topological polar surface area (TPSA) is 59.2 Å². The molecule has 0 amide bonds. The summed E-state index contributed by atoms with van der Waals surface area (Å²) in [6.45, 7) is 0. The van der Waals surface area contributed by atoms with E-state index >= 15 is 0 Å². The van der Waals surface area contributed by atoms with Crippen LogP contribution in [0.5, 0.6) is 5.75 Å². The molecule has 2 aromatic carbocycles. The van der Waals surface area contributed by atoms with Gasteiger partial charge in [0, 0.05) is 15.9 Å². The molecule has 1 heterocycles. The first-order chi connectivity index (χ1) is 10.1. The van der Waals surface area contributed by atoms with E-state index in [0.29, 0.717) is 22.8 Å². The summed E-state index contributed by atoms with van der Waals surface area (Å²) in [5, 5.41) is 14.5. The molecular formula is C15H10BrClN2O2. The highest BCUT2D eigenvalue weighted by Crippen LogP contribution is 2.30. The molecule has 6 heteroatoms. The van der Waals surface area contributed by atoms with Crippen LogP contribution in [0.2, 0.25) is 5.02 Å². The number of nitrogens with zero attached hydrogens (tertiary/aromatic N) is 2. The Morgan fingerprint density at radius 3 is 2.86 bits per heavy atom. The van der Waals surface area contributed by atoms with Gasteiger partial charge in [-0.15, -0.1) is 0 Å². The molecule has 4 nitrogen and oxygen atoms in total. The molecule has 0 aliphatic carbocycles. The lowest BCUT2D eigenvalue weighted by Crippen LogP contribution is -1.90. The Morgan fingerprint density at radius 2 is 2.05 bits per heavy atom. The lowest BCUT2D eigenvalue weighted by Gasteiger charge is -1.99. The summed E-state index contributed by atoms with van der Waals surface area (Å²) in [5.41, 5.74) is 1.49. The minimum atomic E-state index is 0.0937. The summed E-state index contributed by atoms with van der Waals surface area (Å²) in [6.07, 6.45) is 0.513. The highest BCUT2D eigenvalue weighted by molar-refractivity contribution is 9.10. The quantitative estimate of drug-likeness (QED) is 0.745. The maximum absolute atomic E-state index is 9.86. The Morgan fingerprint density at radius 1 is 1.19 bits per heavy atom. The fourth-order valence-corrected chi connectivity index (χ4v) is 2.52. The zero-order valence-corrected chi connectivity index (χ0v) is 13.1. The molecule has 0 atom stereocenters. The number of aromatic nitrogens is 2. The maximum Gasteiger partial charge on any atom is 0.261 e. The summed E-state index contributed by atoms with van der Waals surface area (Å²) in [6, 6.07) is 12.5. The van der Waals surface area contributed by atoms with Gasteiger partial charge in [0.25, 0.3) is 5.89 Å². The van der Waals surface area contributed by atoms with Crippen LogP contribution in [-0.4, -0.2) is 15.2 Å². The van der Waals surface area contributed by atoms with Crippen LogP contribution in [0.15, 0.2) is 51.5 Å². The monoisotopic (exact) mass is 364 g/mol. The van der Waals surface area contributed by atoms with Gasteiger partial charge in [-0.3, -0.25) is 0 Å². The van der Waals surface area contributed by atoms with Crippen molar-refractivity contribution in [3.63, 3.8) is 0 Å². The van der Waals surface area contributed by atoms with E-state index in [9.17, 15) is 5.11 Å². The molecule has 0 fully saturated rings. The van der Waals surface area contributed by atoms with Crippen LogP contribution in [0, 0.1) is 0 Å². The number of phenolic OH excluding ortho intramolecular Hbond substituents is 1. The maximum atomic E-state index is 9.86. The second-order valence-electron chi connectivity index (χ2n) is 4.48. The van der Waals surface area contributed by atoms with Gasteiger partial charge < -0.3 is 9.63 Å². The van der Waals surface area contributed by atoms with Crippen molar-refractivity contribution in [2.45, 2.75) is 6.42 Å². The van der Waals surface area contributed by atoms with E-state index in [1.165, 1.54) is 0 Å². The third-order valence-electron chi connectivity index (χ3n) is 2.91. The second-order valence-corrected chi connectivity index (χ2v) is 5.84. The minimum absolute atomic E-state index is 0.0937. The smallest absolute Gasteiger partial charge is 0.261 e. The fourth-order valence-electron chi connectivity index (χ4n) is 1.94. The van der Waals surface area contributed by atoms with Crippen molar-refractivity contribution >= 4 is 27.5 Å². The van der Waals surface area contributed by atoms with Crippen molar-refractivity contribution < 1.29 is 9.63 Å². The Bertz CT molecular complexity index is 789. The molecule has 0 aliphatic heterocycles. The molecule has 0 radical (unpaired) electrons. The van der Waals surface area contributed by atoms with Gasteiger partial charge in [0.15, 0.2) is 5.82 Å². The van der Waals surface area contributed by atoms with Gasteiger partial charge in [-0.05, 0) is 35.9 Å². The largest absolute Gasteiger partial charge is 0.507 e. The third-order valence-corrected chi connectivity index (χ3v) is 3.64. The van der Waals surface area contributed by atoms with E-state index in [4.69, 9.17) is 16.1 Å². The summed E-state index contributed by atoms with van der Waals surface area (Å²) >= 11 is 9.29. The van der Waals surface area contributed by atoms with Gasteiger partial charge >= 0.3 is 0 Å². The lowest BCUT2D eigenvalue weighted by molar-refractivity contribution is 0.418. The van der Waals surface area contributed by atoms with Crippen LogP contribution >= 0.6 is 27.5 Å². The van der Waals surface area contributed by atoms with E-state index in [1.807, 2.05) is 24.3 Å². The zero-order chi connectivity index (χ0) is 14.8. The number of benzene rings is 2. The van der Waals surface area contributed by atoms with Crippen molar-refractivity contribution in [1.82, 2.24) is 10.1 Å². The number of phenols is 1. The second kappa shape index (κ2) is 5.87. The van der Waals surface area contributed by atoms with E-state index in [0.717, 1.165) is 10.0 Å². The molecule has 0 spiro atoms. The summed E-state index contributed by atoms with van der Waals surface area (Å²) in [5.74, 6) is 0.911. The van der Waals surface area contributed by atoms with Crippen LogP contribution in [0.3, 0.4) is 0 Å². The van der Waals surface area contributed by atoms with Crippen LogP contribution in [0.1, 0.15) is 11.4 Å². The molecule has 0 saturated heterocycles. The standard InChI is InChI=1S/C15H10BrClN2O2/c16-10-4-5-13(20)12(8-10)15-18-14(19-21-15)7-9-2-1-3-11(17)6-9/h1-6,8,20H,7H2. The van der Waals surface area contributed by atoms with Crippen LogP contribution in [0.25, 0.3) is 11.5 Å². The van der Waals surface area contributed by atoms with Crippen LogP contribution in [-0.2, 0) is 6.42 Å². The summed E-state index contributed by atoms with van der Waals surface area (Å²) < 4.78 is 6.04. The first-order valence-electron chi connectivity index (χ1n) is 6.18. The summed E-state index contributed by atoms with van der Waals surface area (Å²) in [7, 11) is 0. The number of hydrogen-bond donors (Lipinski definition) is 1. The van der Waals surface area contributed by atoms with Gasteiger partial charge in [0.1, 0.15) is 5.75 Å². The van der Waals surface area contributed by atoms with Crippen molar-refractivity contribution in [2.75, 3.05) is 0 Å². The number of aromatic hydroxyl groups is 1. The highest BCUT2D eigenvalue weighted by atomic mass is 79.9. The van der Waals surface area contributed by atoms with Gasteiger partial charge in [0.05, 0.1) is 5.56 Å². The predicted octanol–water partition coefficient (Wildman–Crippen LogP) is 4.45. The molecule has 3 aromatic rings. The molecule has 3 rings (SSSR count). The first kappa shape index (κ1) is 14.1. The van der Waals surface area contributed by atoms with Crippen molar-refractivity contribution in [3.8, 4) is 17.2 Å². The van der Waals surface area contributed by atoms with Crippen molar-refractivity contribution in [1.29, 1.82) is 0 Å². The zero-order valence-electron chi connectivity index (χ0n) is 10.8. The number of halogens is 2. The van der Waals surface area contributed by atoms with Gasteiger partial charge in [0.2, 0.25) is 0 Å². The Kier molecular flexibility index (Phi) is 3.94. The minimum Gasteiger partial charge on any atom is -0.507 e. The summed E-state index contributed by atoms with van der Waals surface area (Å²) in [4.78, 5) is 4.31. The molecule has 21 heavy (non-hydrogen) atoms. The van der Waals surface area contributed by atoms with Crippen molar-refractivity contribution in [3.05, 3.63) is 63.3 Å². The Labute approximate surface area is 134 Å². The van der Waals surface area contributed by atoms with Gasteiger partial charge in [-0.25, -0.2) is 0 Å². The van der Waals surface area contributed by atoms with Crippen LogP contribution in [0.4, 0.5) is 0 Å². The first-order valence-corrected chi connectivity index (χ1v) is 7.35. The molecule has 0 saturated carbocycles. The van der Waals surface area contributed by atoms with E-state index in [1.54, 1.807) is 18.2 Å². The molecule has 0 bridgehead atoms. The van der Waals surface area contributed by atoms with Gasteiger partial charge in [-0.2, -0.15) is 4.98 Å². The molecule has 0 aliphatic rings. The van der Waals surface area contributed by atoms with Crippen LogP contribution < -0.4 is 0 Å². The lowest BCUT2D eigenvalue weighted by atomic mass is 10.1. The molecular weight excluding hydrogens is 356 g/mol. The average molecular weight is 366 g/mol. The van der Waals surface area contributed by atoms with Crippen molar-refractivity contribution in [2.24, 2.45) is 0 Å². The Balaban J connectivity index is 1.88. The number of hydrogen-bond acceptors (Lipinski definition) is 4. The van der Waals surface area contributed by atoms with E-state index in [-0.39, 0.29) is 11.6 Å². The Hall–Kier alpha value is -1.85. The average Bonchev–Trinajstić information content (AvgIpc) is 2.90. The SMILES string of the molecule is Oc1ccc(Br)cc1-c1nc(Cc2cccc(Cl)c2)no1. The number of rotatable bonds is 3. The third kappa shape index (κ3) is 3.25. The van der Waals surface area contributed by atoms with E-state index in [2.05, 4.69) is 26.1 Å². The highest BCUT2D eigenvalue weighted by Gasteiger charge is 2.13. The molecule has 0 unspecified atom stereocenters. The van der Waals surface area contributed by atoms with Gasteiger partial charge in [-0.1, -0.05) is 44.8 Å². The molecule has 1 aromatic heterocycles. The fraction of sp³-hybridized carbons (Fsp3) is 0.0667. The molecule has 1 N–H and O–H groups in total. The van der Waals surface area contributed by atoms with E-state index < -0.39 is 0 Å². The molecule has 106 valence electrons.